The van der Waals surface area contributed by atoms with Gasteiger partial charge in [-0.15, -0.1) is 0 Å². The standard InChI is InChI=1S/C19H26N4O/c1-22(2)19(24)21-9-12-7-15-14-5-4-6-16-18(14)13(10-20-16)8-17(15)23(3)11-12/h4-7,12-13,17,20H,8-11H2,1-3H3,(H,21,24)/t12-,13+,17+/m0/s1. The molecule has 3 atom stereocenters. The van der Waals surface area contributed by atoms with Crippen molar-refractivity contribution in [2.75, 3.05) is 46.1 Å². The lowest BCUT2D eigenvalue weighted by molar-refractivity contribution is 0.206. The molecule has 0 fully saturated rings. The van der Waals surface area contributed by atoms with Gasteiger partial charge in [0.25, 0.3) is 0 Å². The predicted octanol–water partition coefficient (Wildman–Crippen LogP) is 2.18. The van der Waals surface area contributed by atoms with Crippen LogP contribution in [0, 0.1) is 5.92 Å². The van der Waals surface area contributed by atoms with E-state index < -0.39 is 0 Å². The number of anilines is 1. The molecule has 0 spiro atoms. The van der Waals surface area contributed by atoms with E-state index in [2.05, 4.69) is 46.9 Å². The molecule has 0 aromatic heterocycles. The van der Waals surface area contributed by atoms with Crippen molar-refractivity contribution in [3.05, 3.63) is 35.4 Å². The van der Waals surface area contributed by atoms with E-state index in [1.165, 1.54) is 28.8 Å². The molecule has 0 saturated heterocycles. The highest BCUT2D eigenvalue weighted by Crippen LogP contribution is 2.48. The van der Waals surface area contributed by atoms with E-state index in [0.717, 1.165) is 13.1 Å². The Morgan fingerprint density at radius 2 is 2.25 bits per heavy atom. The summed E-state index contributed by atoms with van der Waals surface area (Å²) >= 11 is 0. The van der Waals surface area contributed by atoms with Gasteiger partial charge >= 0.3 is 6.03 Å². The quantitative estimate of drug-likeness (QED) is 0.876. The number of nitrogens with one attached hydrogen (secondary N) is 2. The third kappa shape index (κ3) is 2.47. The van der Waals surface area contributed by atoms with E-state index in [4.69, 9.17) is 0 Å². The molecule has 1 aromatic carbocycles. The van der Waals surface area contributed by atoms with Crippen LogP contribution in [0.25, 0.3) is 5.57 Å². The van der Waals surface area contributed by atoms with Crippen molar-refractivity contribution in [1.82, 2.24) is 15.1 Å². The maximum Gasteiger partial charge on any atom is 0.316 e. The lowest BCUT2D eigenvalue weighted by atomic mass is 9.74. The van der Waals surface area contributed by atoms with Crippen molar-refractivity contribution in [3.63, 3.8) is 0 Å². The van der Waals surface area contributed by atoms with Gasteiger partial charge in [0.2, 0.25) is 0 Å². The van der Waals surface area contributed by atoms with E-state index in [1.54, 1.807) is 19.0 Å². The number of carbonyl (C=O) groups excluding carboxylic acids is 1. The van der Waals surface area contributed by atoms with Gasteiger partial charge in [-0.3, -0.25) is 4.90 Å². The molecule has 1 aromatic rings. The highest BCUT2D eigenvalue weighted by atomic mass is 16.2. The minimum Gasteiger partial charge on any atom is -0.384 e. The Bertz CT molecular complexity index is 697. The summed E-state index contributed by atoms with van der Waals surface area (Å²) in [5, 5.41) is 6.59. The number of carbonyl (C=O) groups is 1. The molecule has 2 N–H and O–H groups in total. The largest absolute Gasteiger partial charge is 0.384 e. The molecule has 24 heavy (non-hydrogen) atoms. The minimum atomic E-state index is -0.0216. The highest BCUT2D eigenvalue weighted by molar-refractivity contribution is 5.81. The van der Waals surface area contributed by atoms with Gasteiger partial charge in [0.05, 0.1) is 0 Å². The van der Waals surface area contributed by atoms with Gasteiger partial charge in [-0.25, -0.2) is 4.79 Å². The summed E-state index contributed by atoms with van der Waals surface area (Å²) in [4.78, 5) is 15.9. The van der Waals surface area contributed by atoms with Crippen LogP contribution in [-0.4, -0.2) is 62.7 Å². The molecular formula is C19H26N4O. The van der Waals surface area contributed by atoms with Gasteiger partial charge in [0.1, 0.15) is 0 Å². The minimum absolute atomic E-state index is 0.0216. The Hall–Kier alpha value is -2.01. The van der Waals surface area contributed by atoms with Crippen LogP contribution in [0.15, 0.2) is 24.3 Å². The SMILES string of the molecule is CN(C)C(=O)NC[C@@H]1C=C2c3cccc4c3[C@@H](CN4)C[C@H]2N(C)C1. The Morgan fingerprint density at radius 3 is 3.04 bits per heavy atom. The van der Waals surface area contributed by atoms with Crippen LogP contribution in [0.4, 0.5) is 10.5 Å². The molecule has 2 heterocycles. The van der Waals surface area contributed by atoms with Gasteiger partial charge < -0.3 is 15.5 Å². The van der Waals surface area contributed by atoms with Crippen LogP contribution in [0.2, 0.25) is 0 Å². The molecular weight excluding hydrogens is 300 g/mol. The summed E-state index contributed by atoms with van der Waals surface area (Å²) in [6.07, 6.45) is 3.60. The number of rotatable bonds is 2. The first-order valence-corrected chi connectivity index (χ1v) is 8.79. The first kappa shape index (κ1) is 15.5. The first-order chi connectivity index (χ1) is 11.5. The number of benzene rings is 1. The van der Waals surface area contributed by atoms with Gasteiger partial charge in [-0.05, 0) is 36.2 Å². The Morgan fingerprint density at radius 1 is 1.42 bits per heavy atom. The number of hydrogen-bond acceptors (Lipinski definition) is 3. The number of fused-ring (bicyclic) bond motifs is 2. The summed E-state index contributed by atoms with van der Waals surface area (Å²) < 4.78 is 0. The molecule has 0 saturated carbocycles. The molecule has 128 valence electrons. The Labute approximate surface area is 143 Å². The smallest absolute Gasteiger partial charge is 0.316 e. The van der Waals surface area contributed by atoms with Crippen molar-refractivity contribution in [2.24, 2.45) is 5.92 Å². The van der Waals surface area contributed by atoms with Gasteiger partial charge in [-0.1, -0.05) is 18.2 Å². The number of nitrogens with zero attached hydrogens (tertiary/aromatic N) is 2. The molecule has 2 amide bonds. The van der Waals surface area contributed by atoms with Crippen molar-refractivity contribution in [3.8, 4) is 0 Å². The molecule has 5 nitrogen and oxygen atoms in total. The maximum atomic E-state index is 11.8. The van der Waals surface area contributed by atoms with E-state index in [9.17, 15) is 4.79 Å². The van der Waals surface area contributed by atoms with E-state index in [0.29, 0.717) is 24.4 Å². The van der Waals surface area contributed by atoms with Gasteiger partial charge in [0, 0.05) is 57.3 Å². The average Bonchev–Trinajstić information content (AvgIpc) is 2.98. The normalized spacial score (nSPS) is 27.6. The second kappa shape index (κ2) is 5.81. The fraction of sp³-hybridized carbons (Fsp3) is 0.526. The van der Waals surface area contributed by atoms with Gasteiger partial charge in [-0.2, -0.15) is 0 Å². The van der Waals surface area contributed by atoms with Crippen LogP contribution in [0.1, 0.15) is 23.5 Å². The van der Waals surface area contributed by atoms with Crippen LogP contribution in [-0.2, 0) is 0 Å². The zero-order valence-electron chi connectivity index (χ0n) is 14.7. The van der Waals surface area contributed by atoms with Crippen molar-refractivity contribution in [2.45, 2.75) is 18.4 Å². The molecule has 2 aliphatic heterocycles. The van der Waals surface area contributed by atoms with Crippen LogP contribution in [0.3, 0.4) is 0 Å². The topological polar surface area (TPSA) is 47.6 Å². The molecule has 0 radical (unpaired) electrons. The lowest BCUT2D eigenvalue weighted by Crippen LogP contribution is -2.46. The van der Waals surface area contributed by atoms with E-state index >= 15 is 0 Å². The maximum absolute atomic E-state index is 11.8. The highest BCUT2D eigenvalue weighted by Gasteiger charge is 2.39. The number of hydrogen-bond donors (Lipinski definition) is 2. The zero-order chi connectivity index (χ0) is 16.8. The molecule has 5 heteroatoms. The second-order valence-corrected chi connectivity index (χ2v) is 7.50. The van der Waals surface area contributed by atoms with Crippen molar-refractivity contribution in [1.29, 1.82) is 0 Å². The average molecular weight is 326 g/mol. The molecule has 4 rings (SSSR count). The summed E-state index contributed by atoms with van der Waals surface area (Å²) in [6, 6.07) is 7.10. The summed E-state index contributed by atoms with van der Waals surface area (Å²) in [6.45, 7) is 2.75. The lowest BCUT2D eigenvalue weighted by Gasteiger charge is -2.42. The molecule has 3 aliphatic rings. The number of likely N-dealkylation sites (N-methyl/N-ethyl adjacent to an activating group) is 1. The van der Waals surface area contributed by atoms with E-state index in [1.807, 2.05) is 0 Å². The Balaban J connectivity index is 1.63. The molecule has 0 unspecified atom stereocenters. The predicted molar refractivity (Wildman–Crippen MR) is 97.3 cm³/mol. The fourth-order valence-corrected chi connectivity index (χ4v) is 4.45. The molecule has 0 bridgehead atoms. The third-order valence-electron chi connectivity index (χ3n) is 5.62. The van der Waals surface area contributed by atoms with Crippen LogP contribution < -0.4 is 10.6 Å². The number of urea groups is 1. The van der Waals surface area contributed by atoms with Crippen LogP contribution >= 0.6 is 0 Å². The summed E-state index contributed by atoms with van der Waals surface area (Å²) in [7, 11) is 5.77. The zero-order valence-corrected chi connectivity index (χ0v) is 14.7. The monoisotopic (exact) mass is 326 g/mol. The van der Waals surface area contributed by atoms with Crippen LogP contribution in [0.5, 0.6) is 0 Å². The first-order valence-electron chi connectivity index (χ1n) is 8.79. The third-order valence-corrected chi connectivity index (χ3v) is 5.62. The second-order valence-electron chi connectivity index (χ2n) is 7.50. The van der Waals surface area contributed by atoms with Crippen molar-refractivity contribution < 1.29 is 4.79 Å². The Kier molecular flexibility index (Phi) is 3.76. The van der Waals surface area contributed by atoms with Gasteiger partial charge in [0.15, 0.2) is 0 Å². The summed E-state index contributed by atoms with van der Waals surface area (Å²) in [5.74, 6) is 0.984. The van der Waals surface area contributed by atoms with Crippen molar-refractivity contribution >= 4 is 17.3 Å². The fourth-order valence-electron chi connectivity index (χ4n) is 4.45. The van der Waals surface area contributed by atoms with E-state index in [-0.39, 0.29) is 6.03 Å². The molecule has 1 aliphatic carbocycles. The number of amides is 2. The summed E-state index contributed by atoms with van der Waals surface area (Å²) in [5.41, 5.74) is 5.67.